The molecule has 0 radical (unpaired) electrons. The van der Waals surface area contributed by atoms with Crippen LogP contribution in [0.15, 0.2) is 6.33 Å². The van der Waals surface area contributed by atoms with E-state index in [1.807, 2.05) is 13.8 Å². The highest BCUT2D eigenvalue weighted by Crippen LogP contribution is 2.24. The average Bonchev–Trinajstić information content (AvgIpc) is 2.25. The van der Waals surface area contributed by atoms with Crippen LogP contribution in [-0.2, 0) is 0 Å². The molecule has 0 spiro atoms. The van der Waals surface area contributed by atoms with E-state index in [-0.39, 0.29) is 16.2 Å². The van der Waals surface area contributed by atoms with Gasteiger partial charge in [0, 0.05) is 0 Å². The minimum absolute atomic E-state index is 0.0120. The Morgan fingerprint density at radius 2 is 2.12 bits per heavy atom. The summed E-state index contributed by atoms with van der Waals surface area (Å²) in [5, 5.41) is 3.38. The Kier molecular flexibility index (Phi) is 5.40. The van der Waals surface area contributed by atoms with E-state index in [1.165, 1.54) is 6.33 Å². The fourth-order valence-corrected chi connectivity index (χ4v) is 1.78. The Morgan fingerprint density at radius 3 is 2.71 bits per heavy atom. The normalized spacial score (nSPS) is 13.5. The maximum atomic E-state index is 6.37. The van der Waals surface area contributed by atoms with E-state index in [0.717, 1.165) is 19.3 Å². The molecule has 6 heteroatoms. The third-order valence-corrected chi connectivity index (χ3v) is 3.52. The van der Waals surface area contributed by atoms with Gasteiger partial charge in [-0.15, -0.1) is 11.6 Å². The lowest BCUT2D eigenvalue weighted by atomic mass is 9.96. The molecule has 0 aromatic carbocycles. The zero-order valence-electron chi connectivity index (χ0n) is 10.4. The third-order valence-electron chi connectivity index (χ3n) is 2.57. The molecule has 1 aromatic rings. The van der Waals surface area contributed by atoms with Crippen LogP contribution in [0.2, 0.25) is 5.28 Å². The summed E-state index contributed by atoms with van der Waals surface area (Å²) in [5.74, 6) is 0.456. The number of aromatic nitrogens is 3. The first-order chi connectivity index (χ1) is 7.95. The smallest absolute Gasteiger partial charge is 0.227 e. The Balaban J connectivity index is 2.65. The van der Waals surface area contributed by atoms with Crippen LogP contribution in [-0.4, -0.2) is 25.9 Å². The molecule has 17 heavy (non-hydrogen) atoms. The van der Waals surface area contributed by atoms with Crippen LogP contribution in [0.25, 0.3) is 0 Å². The van der Waals surface area contributed by atoms with Crippen molar-refractivity contribution in [1.82, 2.24) is 15.0 Å². The molecule has 1 atom stereocenters. The molecule has 0 fully saturated rings. The van der Waals surface area contributed by atoms with Gasteiger partial charge in [0.15, 0.2) is 0 Å². The molecule has 1 N–H and O–H groups in total. The van der Waals surface area contributed by atoms with Gasteiger partial charge in [-0.05, 0) is 31.9 Å². The second kappa shape index (κ2) is 6.36. The molecular weight excluding hydrogens is 259 g/mol. The van der Waals surface area contributed by atoms with Crippen molar-refractivity contribution < 1.29 is 0 Å². The molecule has 1 heterocycles. The molecular formula is C11H18Cl2N4. The summed E-state index contributed by atoms with van der Waals surface area (Å²) < 4.78 is 0. The van der Waals surface area contributed by atoms with Gasteiger partial charge in [0.25, 0.3) is 0 Å². The highest BCUT2D eigenvalue weighted by molar-refractivity contribution is 6.28. The fourth-order valence-electron chi connectivity index (χ4n) is 1.45. The first-order valence-electron chi connectivity index (χ1n) is 5.72. The van der Waals surface area contributed by atoms with E-state index in [1.54, 1.807) is 0 Å². The van der Waals surface area contributed by atoms with Gasteiger partial charge in [0.1, 0.15) is 6.33 Å². The summed E-state index contributed by atoms with van der Waals surface area (Å²) in [7, 11) is 0. The van der Waals surface area contributed by atoms with Crippen LogP contribution in [0.3, 0.4) is 0 Å². The maximum Gasteiger partial charge on any atom is 0.227 e. The largest absolute Gasteiger partial charge is 0.348 e. The topological polar surface area (TPSA) is 50.7 Å². The van der Waals surface area contributed by atoms with Crippen LogP contribution in [0.5, 0.6) is 0 Å². The van der Waals surface area contributed by atoms with Crippen molar-refractivity contribution in [3.8, 4) is 0 Å². The van der Waals surface area contributed by atoms with E-state index in [2.05, 4.69) is 27.2 Å². The molecule has 0 amide bonds. The van der Waals surface area contributed by atoms with E-state index in [4.69, 9.17) is 23.2 Å². The molecule has 0 saturated carbocycles. The molecule has 4 nitrogen and oxygen atoms in total. The van der Waals surface area contributed by atoms with Crippen molar-refractivity contribution in [2.24, 2.45) is 0 Å². The number of hydrogen-bond acceptors (Lipinski definition) is 4. The monoisotopic (exact) mass is 276 g/mol. The number of anilines is 1. The molecule has 1 rings (SSSR count). The molecule has 0 aliphatic heterocycles. The first-order valence-corrected chi connectivity index (χ1v) is 6.54. The van der Waals surface area contributed by atoms with Crippen molar-refractivity contribution in [3.63, 3.8) is 0 Å². The number of unbranched alkanes of at least 4 members (excludes halogenated alkanes) is 1. The SMILES string of the molecule is CCCCC(Cl)C(C)(C)Nc1ncnc(Cl)n1. The lowest BCUT2D eigenvalue weighted by Gasteiger charge is -2.31. The second-order valence-corrected chi connectivity index (χ2v) is 5.40. The Labute approximate surface area is 112 Å². The zero-order valence-corrected chi connectivity index (χ0v) is 11.9. The Hall–Kier alpha value is -0.610. The van der Waals surface area contributed by atoms with Gasteiger partial charge in [-0.1, -0.05) is 19.8 Å². The zero-order chi connectivity index (χ0) is 12.9. The molecule has 96 valence electrons. The van der Waals surface area contributed by atoms with Crippen molar-refractivity contribution in [2.75, 3.05) is 5.32 Å². The lowest BCUT2D eigenvalue weighted by Crippen LogP contribution is -2.41. The predicted molar refractivity (Wildman–Crippen MR) is 71.7 cm³/mol. The second-order valence-electron chi connectivity index (χ2n) is 4.53. The van der Waals surface area contributed by atoms with Crippen LogP contribution in [0, 0.1) is 0 Å². The number of alkyl halides is 1. The average molecular weight is 277 g/mol. The summed E-state index contributed by atoms with van der Waals surface area (Å²) in [6, 6.07) is 0. The van der Waals surface area contributed by atoms with Gasteiger partial charge in [-0.3, -0.25) is 0 Å². The first kappa shape index (κ1) is 14.5. The van der Waals surface area contributed by atoms with Crippen molar-refractivity contribution in [2.45, 2.75) is 50.9 Å². The van der Waals surface area contributed by atoms with Gasteiger partial charge < -0.3 is 5.32 Å². The van der Waals surface area contributed by atoms with E-state index >= 15 is 0 Å². The third kappa shape index (κ3) is 4.64. The van der Waals surface area contributed by atoms with Gasteiger partial charge in [0.2, 0.25) is 11.2 Å². The van der Waals surface area contributed by atoms with Crippen molar-refractivity contribution in [3.05, 3.63) is 11.6 Å². The minimum Gasteiger partial charge on any atom is -0.348 e. The fraction of sp³-hybridized carbons (Fsp3) is 0.727. The van der Waals surface area contributed by atoms with Gasteiger partial charge in [-0.2, -0.15) is 4.98 Å². The summed E-state index contributed by atoms with van der Waals surface area (Å²) >= 11 is 12.1. The van der Waals surface area contributed by atoms with Crippen molar-refractivity contribution in [1.29, 1.82) is 0 Å². The molecule has 1 aromatic heterocycles. The van der Waals surface area contributed by atoms with Crippen molar-refractivity contribution >= 4 is 29.2 Å². The molecule has 0 aliphatic carbocycles. The molecule has 0 aliphatic rings. The highest BCUT2D eigenvalue weighted by atomic mass is 35.5. The van der Waals surface area contributed by atoms with E-state index < -0.39 is 0 Å². The van der Waals surface area contributed by atoms with Crippen LogP contribution >= 0.6 is 23.2 Å². The molecule has 0 saturated heterocycles. The summed E-state index contributed by atoms with van der Waals surface area (Å²) in [4.78, 5) is 11.7. The van der Waals surface area contributed by atoms with Crippen LogP contribution in [0.1, 0.15) is 40.0 Å². The number of rotatable bonds is 6. The summed E-state index contributed by atoms with van der Waals surface area (Å²) in [6.07, 6.45) is 4.58. The predicted octanol–water partition coefficient (Wildman–Crippen LogP) is 3.51. The van der Waals surface area contributed by atoms with Crippen LogP contribution < -0.4 is 5.32 Å². The standard InChI is InChI=1S/C11H18Cl2N4/c1-4-5-6-8(12)11(2,3)17-10-15-7-14-9(13)16-10/h7-8H,4-6H2,1-3H3,(H,14,15,16,17). The van der Waals surface area contributed by atoms with E-state index in [9.17, 15) is 0 Å². The summed E-state index contributed by atoms with van der Waals surface area (Å²) in [6.45, 7) is 6.20. The Bertz CT molecular complexity index is 357. The number of nitrogens with one attached hydrogen (secondary N) is 1. The van der Waals surface area contributed by atoms with Crippen LogP contribution in [0.4, 0.5) is 5.95 Å². The maximum absolute atomic E-state index is 6.37. The van der Waals surface area contributed by atoms with Gasteiger partial charge >= 0.3 is 0 Å². The minimum atomic E-state index is -0.290. The number of halogens is 2. The number of hydrogen-bond donors (Lipinski definition) is 1. The molecule has 1 unspecified atom stereocenters. The lowest BCUT2D eigenvalue weighted by molar-refractivity contribution is 0.488. The van der Waals surface area contributed by atoms with Gasteiger partial charge in [-0.25, -0.2) is 9.97 Å². The quantitative estimate of drug-likeness (QED) is 0.808. The van der Waals surface area contributed by atoms with E-state index in [0.29, 0.717) is 5.95 Å². The Morgan fingerprint density at radius 1 is 1.41 bits per heavy atom. The van der Waals surface area contributed by atoms with Gasteiger partial charge in [0.05, 0.1) is 10.9 Å². The molecule has 0 bridgehead atoms. The summed E-state index contributed by atoms with van der Waals surface area (Å²) in [5.41, 5.74) is -0.290. The number of nitrogens with zero attached hydrogens (tertiary/aromatic N) is 3. The highest BCUT2D eigenvalue weighted by Gasteiger charge is 2.28.